The fourth-order valence-electron chi connectivity index (χ4n) is 3.02. The van der Waals surface area contributed by atoms with Crippen molar-refractivity contribution in [2.24, 2.45) is 0 Å². The van der Waals surface area contributed by atoms with Crippen LogP contribution in [0, 0.1) is 6.92 Å². The van der Waals surface area contributed by atoms with E-state index >= 15 is 0 Å². The van der Waals surface area contributed by atoms with E-state index in [0.717, 1.165) is 10.4 Å². The highest BCUT2D eigenvalue weighted by Crippen LogP contribution is 2.24. The molecule has 0 atom stereocenters. The second-order valence-corrected chi connectivity index (χ2v) is 9.78. The lowest BCUT2D eigenvalue weighted by Crippen LogP contribution is -2.26. The van der Waals surface area contributed by atoms with Crippen molar-refractivity contribution < 1.29 is 17.6 Å². The number of hydrogen-bond donors (Lipinski definition) is 2. The molecular weight excluding hydrogens is 448 g/mol. The molecule has 10 heteroatoms. The molecule has 2 aromatic carbocycles. The second kappa shape index (κ2) is 9.43. The summed E-state index contributed by atoms with van der Waals surface area (Å²) in [7, 11) is -3.65. The summed E-state index contributed by atoms with van der Waals surface area (Å²) in [4.78, 5) is 13.9. The lowest BCUT2D eigenvalue weighted by atomic mass is 10.1. The number of carbonyl (C=O) groups excluding carboxylic acids is 1. The highest BCUT2D eigenvalue weighted by atomic mass is 32.2. The van der Waals surface area contributed by atoms with Crippen LogP contribution in [0.4, 0.5) is 5.69 Å². The zero-order valence-electron chi connectivity index (χ0n) is 17.1. The molecule has 32 heavy (non-hydrogen) atoms. The Morgan fingerprint density at radius 1 is 1.12 bits per heavy atom. The molecule has 164 valence electrons. The standard InChI is InChI=1S/C22H20N4O4S2/c1-15-4-5-17(22-26-23-14-30-22)13-20(15)25-21(27)16-6-8-19(9-7-16)32(28,29)24-11-10-18-3-2-12-31-18/h2-9,12-14,24H,10-11H2,1H3,(H,25,27). The van der Waals surface area contributed by atoms with Crippen molar-refractivity contribution in [3.63, 3.8) is 0 Å². The van der Waals surface area contributed by atoms with Gasteiger partial charge in [0.25, 0.3) is 5.91 Å². The summed E-state index contributed by atoms with van der Waals surface area (Å²) >= 11 is 1.59. The summed E-state index contributed by atoms with van der Waals surface area (Å²) in [5.41, 5.74) is 2.47. The van der Waals surface area contributed by atoms with Gasteiger partial charge in [0.1, 0.15) is 0 Å². The monoisotopic (exact) mass is 468 g/mol. The molecule has 0 saturated heterocycles. The molecule has 0 aliphatic carbocycles. The molecule has 8 nitrogen and oxygen atoms in total. The number of sulfonamides is 1. The third-order valence-electron chi connectivity index (χ3n) is 4.76. The Morgan fingerprint density at radius 2 is 1.94 bits per heavy atom. The van der Waals surface area contributed by atoms with E-state index in [1.165, 1.54) is 30.7 Å². The van der Waals surface area contributed by atoms with Gasteiger partial charge < -0.3 is 9.73 Å². The lowest BCUT2D eigenvalue weighted by molar-refractivity contribution is 0.102. The number of thiophene rings is 1. The van der Waals surface area contributed by atoms with Crippen LogP contribution >= 0.6 is 11.3 Å². The molecule has 0 aliphatic heterocycles. The molecule has 0 spiro atoms. The zero-order valence-corrected chi connectivity index (χ0v) is 18.7. The van der Waals surface area contributed by atoms with E-state index < -0.39 is 10.0 Å². The van der Waals surface area contributed by atoms with Gasteiger partial charge in [-0.2, -0.15) is 0 Å². The SMILES string of the molecule is Cc1ccc(-c2nnco2)cc1NC(=O)c1ccc(S(=O)(=O)NCCc2cccs2)cc1. The van der Waals surface area contributed by atoms with Crippen LogP contribution in [0.25, 0.3) is 11.5 Å². The van der Waals surface area contributed by atoms with Crippen LogP contribution in [0.15, 0.2) is 75.7 Å². The quantitative estimate of drug-likeness (QED) is 0.406. The molecule has 0 aliphatic rings. The topological polar surface area (TPSA) is 114 Å². The van der Waals surface area contributed by atoms with Crippen molar-refractivity contribution >= 4 is 33.0 Å². The Bertz CT molecular complexity index is 1300. The molecule has 2 N–H and O–H groups in total. The van der Waals surface area contributed by atoms with Crippen molar-refractivity contribution in [2.75, 3.05) is 11.9 Å². The Labute approximate surface area is 189 Å². The molecule has 4 aromatic rings. The molecular formula is C22H20N4O4S2. The molecule has 2 heterocycles. The van der Waals surface area contributed by atoms with Crippen LogP contribution in [0.2, 0.25) is 0 Å². The number of benzene rings is 2. The minimum absolute atomic E-state index is 0.106. The van der Waals surface area contributed by atoms with Gasteiger partial charge in [-0.1, -0.05) is 12.1 Å². The van der Waals surface area contributed by atoms with Gasteiger partial charge in [0.05, 0.1) is 4.90 Å². The first-order valence-electron chi connectivity index (χ1n) is 9.73. The van der Waals surface area contributed by atoms with E-state index in [4.69, 9.17) is 4.42 Å². The molecule has 0 unspecified atom stereocenters. The van der Waals surface area contributed by atoms with E-state index in [-0.39, 0.29) is 10.8 Å². The minimum atomic E-state index is -3.65. The highest BCUT2D eigenvalue weighted by molar-refractivity contribution is 7.89. The van der Waals surface area contributed by atoms with Gasteiger partial charge in [0, 0.05) is 28.2 Å². The lowest BCUT2D eigenvalue weighted by Gasteiger charge is -2.10. The average molecular weight is 469 g/mol. The Kier molecular flexibility index (Phi) is 6.45. The van der Waals surface area contributed by atoms with Gasteiger partial charge in [-0.15, -0.1) is 21.5 Å². The molecule has 0 radical (unpaired) electrons. The van der Waals surface area contributed by atoms with Crippen LogP contribution in [-0.4, -0.2) is 31.1 Å². The van der Waals surface area contributed by atoms with Crippen molar-refractivity contribution in [3.05, 3.63) is 82.4 Å². The first kappa shape index (κ1) is 21.9. The maximum atomic E-state index is 12.7. The van der Waals surface area contributed by atoms with E-state index in [1.807, 2.05) is 36.6 Å². The summed E-state index contributed by atoms with van der Waals surface area (Å²) in [6.07, 6.45) is 1.86. The molecule has 0 fully saturated rings. The van der Waals surface area contributed by atoms with Gasteiger partial charge in [0.15, 0.2) is 0 Å². The fourth-order valence-corrected chi connectivity index (χ4v) is 4.76. The van der Waals surface area contributed by atoms with E-state index in [9.17, 15) is 13.2 Å². The summed E-state index contributed by atoms with van der Waals surface area (Å²) in [5.74, 6) is -0.00739. The normalized spacial score (nSPS) is 11.4. The molecule has 2 aromatic heterocycles. The number of aromatic nitrogens is 2. The summed E-state index contributed by atoms with van der Waals surface area (Å²) in [6, 6.07) is 15.1. The Balaban J connectivity index is 1.42. The smallest absolute Gasteiger partial charge is 0.255 e. The first-order valence-corrected chi connectivity index (χ1v) is 12.1. The maximum Gasteiger partial charge on any atom is 0.255 e. The third kappa shape index (κ3) is 5.10. The van der Waals surface area contributed by atoms with E-state index in [2.05, 4.69) is 20.2 Å². The van der Waals surface area contributed by atoms with Gasteiger partial charge in [-0.3, -0.25) is 4.79 Å². The minimum Gasteiger partial charge on any atom is -0.423 e. The molecule has 0 bridgehead atoms. The number of nitrogens with one attached hydrogen (secondary N) is 2. The number of nitrogens with zero attached hydrogens (tertiary/aromatic N) is 2. The summed E-state index contributed by atoms with van der Waals surface area (Å²) < 4.78 is 32.8. The molecule has 0 saturated carbocycles. The van der Waals surface area contributed by atoms with Crippen LogP contribution in [0.3, 0.4) is 0 Å². The van der Waals surface area contributed by atoms with Gasteiger partial charge in [-0.05, 0) is 66.8 Å². The average Bonchev–Trinajstić information content (AvgIpc) is 3.50. The second-order valence-electron chi connectivity index (χ2n) is 6.98. The summed E-state index contributed by atoms with van der Waals surface area (Å²) in [6.45, 7) is 2.17. The maximum absolute atomic E-state index is 12.7. The van der Waals surface area contributed by atoms with Crippen LogP contribution in [0.5, 0.6) is 0 Å². The van der Waals surface area contributed by atoms with Crippen LogP contribution in [0.1, 0.15) is 20.8 Å². The number of aryl methyl sites for hydroxylation is 1. The van der Waals surface area contributed by atoms with Crippen molar-refractivity contribution in [1.82, 2.24) is 14.9 Å². The van der Waals surface area contributed by atoms with E-state index in [1.54, 1.807) is 17.4 Å². The number of hydrogen-bond acceptors (Lipinski definition) is 7. The Hall–Kier alpha value is -3.34. The predicted molar refractivity (Wildman–Crippen MR) is 122 cm³/mol. The van der Waals surface area contributed by atoms with Gasteiger partial charge >= 0.3 is 0 Å². The number of rotatable bonds is 8. The van der Waals surface area contributed by atoms with Gasteiger partial charge in [0.2, 0.25) is 22.3 Å². The van der Waals surface area contributed by atoms with Crippen LogP contribution in [-0.2, 0) is 16.4 Å². The summed E-state index contributed by atoms with van der Waals surface area (Å²) in [5, 5.41) is 12.3. The van der Waals surface area contributed by atoms with Crippen molar-refractivity contribution in [2.45, 2.75) is 18.2 Å². The van der Waals surface area contributed by atoms with Gasteiger partial charge in [-0.25, -0.2) is 13.1 Å². The number of anilines is 1. The first-order chi connectivity index (χ1) is 15.4. The number of carbonyl (C=O) groups is 1. The van der Waals surface area contributed by atoms with Crippen LogP contribution < -0.4 is 10.0 Å². The zero-order chi connectivity index (χ0) is 22.6. The fraction of sp³-hybridized carbons (Fsp3) is 0.136. The number of amides is 1. The molecule has 4 rings (SSSR count). The largest absolute Gasteiger partial charge is 0.423 e. The molecule has 1 amide bonds. The Morgan fingerprint density at radius 3 is 2.62 bits per heavy atom. The predicted octanol–water partition coefficient (Wildman–Crippen LogP) is 3.88. The third-order valence-corrected chi connectivity index (χ3v) is 7.18. The van der Waals surface area contributed by atoms with Crippen molar-refractivity contribution in [1.29, 1.82) is 0 Å². The van der Waals surface area contributed by atoms with Crippen molar-refractivity contribution in [3.8, 4) is 11.5 Å². The highest BCUT2D eigenvalue weighted by Gasteiger charge is 2.16. The van der Waals surface area contributed by atoms with E-state index in [0.29, 0.717) is 35.7 Å².